The number of carbonyl (C=O) groups excluding carboxylic acids is 2. The molecular formula is C26H20N4O6S2. The van der Waals surface area contributed by atoms with Crippen molar-refractivity contribution < 1.29 is 28.5 Å². The second-order valence-corrected chi connectivity index (χ2v) is 10.8. The van der Waals surface area contributed by atoms with E-state index in [0.717, 1.165) is 11.1 Å². The lowest BCUT2D eigenvalue weighted by Gasteiger charge is -2.35. The van der Waals surface area contributed by atoms with Crippen molar-refractivity contribution in [1.29, 1.82) is 0 Å². The van der Waals surface area contributed by atoms with Gasteiger partial charge in [-0.25, -0.2) is 0 Å². The lowest BCUT2D eigenvalue weighted by Crippen LogP contribution is -2.49. The summed E-state index contributed by atoms with van der Waals surface area (Å²) in [5.74, 6) is 2.26. The zero-order valence-electron chi connectivity index (χ0n) is 19.9. The van der Waals surface area contributed by atoms with E-state index in [1.807, 2.05) is 48.6 Å². The summed E-state index contributed by atoms with van der Waals surface area (Å²) in [4.78, 5) is 39.1. The molecule has 2 aromatic carbocycles. The van der Waals surface area contributed by atoms with E-state index in [2.05, 4.69) is 19.8 Å². The highest BCUT2D eigenvalue weighted by molar-refractivity contribution is 8.18. The Morgan fingerprint density at radius 1 is 0.632 bits per heavy atom. The number of benzene rings is 2. The number of nitrogens with zero attached hydrogens (tertiary/aromatic N) is 4. The molecule has 5 aliphatic heterocycles. The molecule has 1 fully saturated rings. The molecule has 0 spiro atoms. The van der Waals surface area contributed by atoms with Crippen LogP contribution in [-0.2, 0) is 9.59 Å². The summed E-state index contributed by atoms with van der Waals surface area (Å²) in [6, 6.07) is 11.2. The second-order valence-electron chi connectivity index (χ2n) is 8.82. The standard InChI is InChI=1S/C26H20N4O6S2/c31-23-21(11-15-1-3-17-19(9-15)35-13-33-17)37-25(27-23)29-5-7-30(8-6-29)26-28-24(32)22(38-26)12-16-2-4-18-20(10-16)36-14-34-18/h1-4,9-12H,5-8,13-14H2/b21-11-,22-12+. The van der Waals surface area contributed by atoms with E-state index in [1.54, 1.807) is 0 Å². The van der Waals surface area contributed by atoms with Gasteiger partial charge in [-0.2, -0.15) is 9.98 Å². The van der Waals surface area contributed by atoms with Crippen LogP contribution in [0.15, 0.2) is 56.2 Å². The molecule has 1 saturated heterocycles. The quantitative estimate of drug-likeness (QED) is 0.519. The van der Waals surface area contributed by atoms with Crippen LogP contribution in [0.25, 0.3) is 12.2 Å². The van der Waals surface area contributed by atoms with Crippen LogP contribution in [0.5, 0.6) is 23.0 Å². The van der Waals surface area contributed by atoms with E-state index >= 15 is 0 Å². The fourth-order valence-corrected chi connectivity index (χ4v) is 6.39. The van der Waals surface area contributed by atoms with Gasteiger partial charge in [-0.1, -0.05) is 12.1 Å². The number of rotatable bonds is 2. The van der Waals surface area contributed by atoms with Crippen molar-refractivity contribution in [2.45, 2.75) is 0 Å². The maximum Gasteiger partial charge on any atom is 0.286 e. The second kappa shape index (κ2) is 9.44. The molecule has 0 unspecified atom stereocenters. The summed E-state index contributed by atoms with van der Waals surface area (Å²) in [6.07, 6.45) is 3.65. The summed E-state index contributed by atoms with van der Waals surface area (Å²) in [7, 11) is 0. The molecule has 10 nitrogen and oxygen atoms in total. The Morgan fingerprint density at radius 2 is 1.05 bits per heavy atom. The average molecular weight is 549 g/mol. The van der Waals surface area contributed by atoms with Crippen LogP contribution in [-0.4, -0.2) is 71.7 Å². The van der Waals surface area contributed by atoms with Gasteiger partial charge in [0.1, 0.15) is 0 Å². The van der Waals surface area contributed by atoms with E-state index in [1.165, 1.54) is 23.5 Å². The maximum atomic E-state index is 12.6. The molecule has 5 aliphatic rings. The Hall–Kier alpha value is -3.90. The molecule has 2 aromatic rings. The lowest BCUT2D eigenvalue weighted by molar-refractivity contribution is -0.114. The third-order valence-corrected chi connectivity index (χ3v) is 8.52. The normalized spacial score (nSPS) is 22.1. The number of hydrogen-bond donors (Lipinski definition) is 0. The molecular weight excluding hydrogens is 528 g/mol. The molecule has 0 aromatic heterocycles. The average Bonchev–Trinajstić information content (AvgIpc) is 3.72. The van der Waals surface area contributed by atoms with Crippen LogP contribution >= 0.6 is 23.5 Å². The van der Waals surface area contributed by atoms with Crippen LogP contribution in [0.1, 0.15) is 11.1 Å². The monoisotopic (exact) mass is 548 g/mol. The first-order valence-corrected chi connectivity index (χ1v) is 13.6. The lowest BCUT2D eigenvalue weighted by atomic mass is 10.2. The smallest absolute Gasteiger partial charge is 0.286 e. The molecule has 0 saturated carbocycles. The van der Waals surface area contributed by atoms with Gasteiger partial charge in [-0.05, 0) is 71.1 Å². The molecule has 0 aliphatic carbocycles. The molecule has 0 atom stereocenters. The Balaban J connectivity index is 0.969. The van der Waals surface area contributed by atoms with Crippen molar-refractivity contribution in [1.82, 2.24) is 9.80 Å². The van der Waals surface area contributed by atoms with Gasteiger partial charge < -0.3 is 28.7 Å². The van der Waals surface area contributed by atoms with Gasteiger partial charge in [-0.15, -0.1) is 0 Å². The SMILES string of the molecule is O=C1N=C(N2CCN(C3=NC(=O)/C(=C\c4ccc5c(c4)OCO5)S3)CC2)S/C1=C\c1ccc2c(c1)OCO2. The predicted octanol–water partition coefficient (Wildman–Crippen LogP) is 3.40. The van der Waals surface area contributed by atoms with Crippen LogP contribution in [0, 0.1) is 0 Å². The molecule has 0 radical (unpaired) electrons. The van der Waals surface area contributed by atoms with E-state index in [9.17, 15) is 9.59 Å². The zero-order chi connectivity index (χ0) is 25.6. The van der Waals surface area contributed by atoms with Gasteiger partial charge in [0.2, 0.25) is 13.6 Å². The maximum absolute atomic E-state index is 12.6. The first-order chi connectivity index (χ1) is 18.6. The Kier molecular flexibility index (Phi) is 5.77. The minimum Gasteiger partial charge on any atom is -0.454 e. The number of amides is 2. The number of piperazine rings is 1. The predicted molar refractivity (Wildman–Crippen MR) is 144 cm³/mol. The minimum atomic E-state index is -0.246. The third kappa shape index (κ3) is 4.39. The van der Waals surface area contributed by atoms with Gasteiger partial charge >= 0.3 is 0 Å². The number of carbonyl (C=O) groups is 2. The Bertz CT molecular complexity index is 1380. The number of hydrogen-bond acceptors (Lipinski definition) is 10. The fourth-order valence-electron chi connectivity index (χ4n) is 4.46. The van der Waals surface area contributed by atoms with Crippen LogP contribution in [0.3, 0.4) is 0 Å². The van der Waals surface area contributed by atoms with Crippen molar-refractivity contribution in [2.24, 2.45) is 9.98 Å². The van der Waals surface area contributed by atoms with Crippen molar-refractivity contribution in [3.8, 4) is 23.0 Å². The van der Waals surface area contributed by atoms with E-state index in [4.69, 9.17) is 18.9 Å². The van der Waals surface area contributed by atoms with E-state index in [-0.39, 0.29) is 25.4 Å². The summed E-state index contributed by atoms with van der Waals surface area (Å²) >= 11 is 2.75. The number of thioether (sulfide) groups is 2. The molecule has 38 heavy (non-hydrogen) atoms. The van der Waals surface area contributed by atoms with Gasteiger partial charge in [0.15, 0.2) is 33.3 Å². The highest BCUT2D eigenvalue weighted by Gasteiger charge is 2.32. The highest BCUT2D eigenvalue weighted by atomic mass is 32.2. The summed E-state index contributed by atoms with van der Waals surface area (Å²) in [5.41, 5.74) is 1.72. The molecule has 7 rings (SSSR count). The molecule has 2 amide bonds. The zero-order valence-corrected chi connectivity index (χ0v) is 21.5. The number of ether oxygens (including phenoxy) is 4. The van der Waals surface area contributed by atoms with Gasteiger partial charge in [0.05, 0.1) is 9.81 Å². The number of aliphatic imine (C=N–C) groups is 2. The van der Waals surface area contributed by atoms with Crippen molar-refractivity contribution in [3.63, 3.8) is 0 Å². The summed E-state index contributed by atoms with van der Waals surface area (Å²) < 4.78 is 21.6. The summed E-state index contributed by atoms with van der Waals surface area (Å²) in [6.45, 7) is 3.10. The first kappa shape index (κ1) is 23.2. The molecule has 12 heteroatoms. The van der Waals surface area contributed by atoms with Crippen LogP contribution < -0.4 is 18.9 Å². The van der Waals surface area contributed by atoms with E-state index < -0.39 is 0 Å². The van der Waals surface area contributed by atoms with Gasteiger partial charge in [-0.3, -0.25) is 9.59 Å². The Labute approximate surface area is 226 Å². The van der Waals surface area contributed by atoms with Gasteiger partial charge in [0, 0.05) is 26.2 Å². The third-order valence-electron chi connectivity index (χ3n) is 6.43. The highest BCUT2D eigenvalue weighted by Crippen LogP contribution is 2.37. The van der Waals surface area contributed by atoms with Crippen molar-refractivity contribution in [3.05, 3.63) is 57.3 Å². The Morgan fingerprint density at radius 3 is 1.50 bits per heavy atom. The summed E-state index contributed by atoms with van der Waals surface area (Å²) in [5, 5.41) is 1.39. The largest absolute Gasteiger partial charge is 0.454 e. The molecule has 0 bridgehead atoms. The molecule has 5 heterocycles. The molecule has 192 valence electrons. The number of amidine groups is 2. The van der Waals surface area contributed by atoms with Crippen molar-refractivity contribution >= 4 is 57.8 Å². The number of fused-ring (bicyclic) bond motifs is 2. The van der Waals surface area contributed by atoms with Crippen molar-refractivity contribution in [2.75, 3.05) is 39.8 Å². The molecule has 0 N–H and O–H groups in total. The van der Waals surface area contributed by atoms with Gasteiger partial charge in [0.25, 0.3) is 11.8 Å². The first-order valence-electron chi connectivity index (χ1n) is 11.9. The van der Waals surface area contributed by atoms with E-state index in [0.29, 0.717) is 69.3 Å². The topological polar surface area (TPSA) is 102 Å². The fraction of sp³-hybridized carbons (Fsp3) is 0.231. The minimum absolute atomic E-state index is 0.207. The van der Waals surface area contributed by atoms with Crippen LogP contribution in [0.4, 0.5) is 0 Å². The van der Waals surface area contributed by atoms with Crippen LogP contribution in [0.2, 0.25) is 0 Å².